The van der Waals surface area contributed by atoms with Gasteiger partial charge in [-0.25, -0.2) is 0 Å². The monoisotopic (exact) mass is 359 g/mol. The highest BCUT2D eigenvalue weighted by Crippen LogP contribution is 2.22. The standard InChI is InChI=1S/C18H18ClN3O3/c1-11-6-8-13(9-7-11)21-18(25)17(24)20-10-16(23)22-15-5-3-4-14(19)12(15)2/h3-9H,10H2,1-2H3,(H,20,24)(H,21,25)(H,22,23). The fourth-order valence-electron chi connectivity index (χ4n) is 2.00. The number of hydrogen-bond acceptors (Lipinski definition) is 3. The van der Waals surface area contributed by atoms with Gasteiger partial charge in [0.2, 0.25) is 5.91 Å². The second kappa shape index (κ2) is 8.30. The van der Waals surface area contributed by atoms with Crippen LogP contribution < -0.4 is 16.0 Å². The van der Waals surface area contributed by atoms with Crippen LogP contribution in [0.5, 0.6) is 0 Å². The van der Waals surface area contributed by atoms with Crippen molar-refractivity contribution in [1.82, 2.24) is 5.32 Å². The summed E-state index contributed by atoms with van der Waals surface area (Å²) in [6.07, 6.45) is 0. The highest BCUT2D eigenvalue weighted by Gasteiger charge is 2.15. The van der Waals surface area contributed by atoms with E-state index in [9.17, 15) is 14.4 Å². The lowest BCUT2D eigenvalue weighted by Crippen LogP contribution is -2.39. The van der Waals surface area contributed by atoms with Crippen LogP contribution in [-0.2, 0) is 14.4 Å². The number of nitrogens with one attached hydrogen (secondary N) is 3. The largest absolute Gasteiger partial charge is 0.339 e. The maximum atomic E-state index is 11.9. The zero-order chi connectivity index (χ0) is 18.4. The van der Waals surface area contributed by atoms with Crippen LogP contribution in [0.3, 0.4) is 0 Å². The molecule has 2 aromatic carbocycles. The molecule has 0 radical (unpaired) electrons. The second-order valence-electron chi connectivity index (χ2n) is 5.46. The minimum atomic E-state index is -0.890. The van der Waals surface area contributed by atoms with Crippen LogP contribution in [0.15, 0.2) is 42.5 Å². The van der Waals surface area contributed by atoms with Crippen molar-refractivity contribution in [2.24, 2.45) is 0 Å². The molecule has 0 bridgehead atoms. The van der Waals surface area contributed by atoms with E-state index in [0.717, 1.165) is 11.1 Å². The molecule has 0 spiro atoms. The summed E-state index contributed by atoms with van der Waals surface area (Å²) >= 11 is 5.98. The number of carbonyl (C=O) groups is 3. The highest BCUT2D eigenvalue weighted by molar-refractivity contribution is 6.40. The van der Waals surface area contributed by atoms with Crippen LogP contribution in [0.2, 0.25) is 5.02 Å². The Morgan fingerprint density at radius 3 is 2.28 bits per heavy atom. The topological polar surface area (TPSA) is 87.3 Å². The summed E-state index contributed by atoms with van der Waals surface area (Å²) in [5, 5.41) is 7.89. The number of carbonyl (C=O) groups excluding carboxylic acids is 3. The minimum absolute atomic E-state index is 0.327. The molecule has 6 nitrogen and oxygen atoms in total. The molecule has 25 heavy (non-hydrogen) atoms. The maximum absolute atomic E-state index is 11.9. The Labute approximate surface area is 150 Å². The third-order valence-corrected chi connectivity index (χ3v) is 3.88. The van der Waals surface area contributed by atoms with Crippen molar-refractivity contribution in [3.8, 4) is 0 Å². The molecule has 0 saturated heterocycles. The van der Waals surface area contributed by atoms with E-state index in [2.05, 4.69) is 16.0 Å². The van der Waals surface area contributed by atoms with E-state index in [1.165, 1.54) is 0 Å². The van der Waals surface area contributed by atoms with E-state index in [1.807, 2.05) is 19.1 Å². The van der Waals surface area contributed by atoms with Crippen LogP contribution in [0.25, 0.3) is 0 Å². The Balaban J connectivity index is 1.84. The minimum Gasteiger partial charge on any atom is -0.339 e. The average molecular weight is 360 g/mol. The zero-order valence-corrected chi connectivity index (χ0v) is 14.6. The van der Waals surface area contributed by atoms with Gasteiger partial charge in [0, 0.05) is 16.4 Å². The Kier molecular flexibility index (Phi) is 6.14. The maximum Gasteiger partial charge on any atom is 0.313 e. The van der Waals surface area contributed by atoms with Gasteiger partial charge in [-0.15, -0.1) is 0 Å². The van der Waals surface area contributed by atoms with Crippen LogP contribution in [0.1, 0.15) is 11.1 Å². The van der Waals surface area contributed by atoms with Gasteiger partial charge in [0.05, 0.1) is 6.54 Å². The van der Waals surface area contributed by atoms with Gasteiger partial charge < -0.3 is 16.0 Å². The van der Waals surface area contributed by atoms with Crippen molar-refractivity contribution >= 4 is 40.7 Å². The summed E-state index contributed by atoms with van der Waals surface area (Å²) in [4.78, 5) is 35.5. The molecule has 3 amide bonds. The molecule has 0 aliphatic rings. The van der Waals surface area contributed by atoms with Gasteiger partial charge in [-0.2, -0.15) is 0 Å². The van der Waals surface area contributed by atoms with Crippen molar-refractivity contribution in [1.29, 1.82) is 0 Å². The average Bonchev–Trinajstić information content (AvgIpc) is 2.59. The number of rotatable bonds is 4. The summed E-state index contributed by atoms with van der Waals surface area (Å²) in [5.41, 5.74) is 2.82. The molecule has 130 valence electrons. The van der Waals surface area contributed by atoms with E-state index in [0.29, 0.717) is 16.4 Å². The lowest BCUT2D eigenvalue weighted by Gasteiger charge is -2.10. The van der Waals surface area contributed by atoms with Crippen LogP contribution >= 0.6 is 11.6 Å². The molecule has 2 rings (SSSR count). The summed E-state index contributed by atoms with van der Waals surface area (Å²) in [7, 11) is 0. The molecule has 0 atom stereocenters. The Morgan fingerprint density at radius 1 is 0.920 bits per heavy atom. The molecule has 0 aliphatic heterocycles. The lowest BCUT2D eigenvalue weighted by atomic mass is 10.2. The SMILES string of the molecule is Cc1ccc(NC(=O)C(=O)NCC(=O)Nc2cccc(Cl)c2C)cc1. The first-order valence-electron chi connectivity index (χ1n) is 7.57. The van der Waals surface area contributed by atoms with Crippen LogP contribution in [-0.4, -0.2) is 24.3 Å². The number of benzene rings is 2. The summed E-state index contributed by atoms with van der Waals surface area (Å²) in [6, 6.07) is 12.1. The molecule has 0 unspecified atom stereocenters. The molecular weight excluding hydrogens is 342 g/mol. The summed E-state index contributed by atoms with van der Waals surface area (Å²) < 4.78 is 0. The van der Waals surface area contributed by atoms with Gasteiger partial charge in [0.25, 0.3) is 0 Å². The molecule has 2 aromatic rings. The second-order valence-corrected chi connectivity index (χ2v) is 5.87. The first kappa shape index (κ1) is 18.5. The quantitative estimate of drug-likeness (QED) is 0.733. The number of hydrogen-bond donors (Lipinski definition) is 3. The van der Waals surface area contributed by atoms with Gasteiger partial charge in [-0.3, -0.25) is 14.4 Å². The van der Waals surface area contributed by atoms with Crippen molar-refractivity contribution in [2.45, 2.75) is 13.8 Å². The fraction of sp³-hybridized carbons (Fsp3) is 0.167. The Morgan fingerprint density at radius 2 is 1.60 bits per heavy atom. The fourth-order valence-corrected chi connectivity index (χ4v) is 2.18. The molecule has 7 heteroatoms. The van der Waals surface area contributed by atoms with E-state index >= 15 is 0 Å². The molecule has 0 saturated carbocycles. The lowest BCUT2D eigenvalue weighted by molar-refractivity contribution is -0.136. The predicted octanol–water partition coefficient (Wildman–Crippen LogP) is 2.65. The smallest absolute Gasteiger partial charge is 0.313 e. The Hall–Kier alpha value is -2.86. The van der Waals surface area contributed by atoms with Gasteiger partial charge in [0.1, 0.15) is 0 Å². The number of halogens is 1. The van der Waals surface area contributed by atoms with Gasteiger partial charge >= 0.3 is 11.8 Å². The first-order valence-corrected chi connectivity index (χ1v) is 7.95. The Bertz CT molecular complexity index is 804. The van der Waals surface area contributed by atoms with E-state index in [-0.39, 0.29) is 6.54 Å². The molecule has 0 fully saturated rings. The van der Waals surface area contributed by atoms with Crippen LogP contribution in [0, 0.1) is 13.8 Å². The van der Waals surface area contributed by atoms with Gasteiger partial charge in [-0.05, 0) is 43.7 Å². The number of amides is 3. The zero-order valence-electron chi connectivity index (χ0n) is 13.9. The molecular formula is C18H18ClN3O3. The van der Waals surface area contributed by atoms with Crippen molar-refractivity contribution in [2.75, 3.05) is 17.2 Å². The van der Waals surface area contributed by atoms with Crippen molar-refractivity contribution in [3.63, 3.8) is 0 Å². The van der Waals surface area contributed by atoms with E-state index < -0.39 is 17.7 Å². The third kappa shape index (κ3) is 5.32. The molecule has 0 aliphatic carbocycles. The summed E-state index contributed by atoms with van der Waals surface area (Å²) in [5.74, 6) is -2.18. The molecule has 3 N–H and O–H groups in total. The van der Waals surface area contributed by atoms with Gasteiger partial charge in [-0.1, -0.05) is 35.4 Å². The van der Waals surface area contributed by atoms with Crippen molar-refractivity contribution in [3.05, 3.63) is 58.6 Å². The van der Waals surface area contributed by atoms with E-state index in [1.54, 1.807) is 37.3 Å². The normalized spacial score (nSPS) is 10.0. The third-order valence-electron chi connectivity index (χ3n) is 3.47. The van der Waals surface area contributed by atoms with Crippen LogP contribution in [0.4, 0.5) is 11.4 Å². The van der Waals surface area contributed by atoms with Gasteiger partial charge in [0.15, 0.2) is 0 Å². The van der Waals surface area contributed by atoms with Crippen molar-refractivity contribution < 1.29 is 14.4 Å². The van der Waals surface area contributed by atoms with E-state index in [4.69, 9.17) is 11.6 Å². The molecule has 0 heterocycles. The predicted molar refractivity (Wildman–Crippen MR) is 97.6 cm³/mol. The summed E-state index contributed by atoms with van der Waals surface area (Å²) in [6.45, 7) is 3.36. The number of anilines is 2. The molecule has 0 aromatic heterocycles. The number of aryl methyl sites for hydroxylation is 1. The highest BCUT2D eigenvalue weighted by atomic mass is 35.5. The first-order chi connectivity index (χ1) is 11.9.